The van der Waals surface area contributed by atoms with Gasteiger partial charge in [-0.15, -0.1) is 0 Å². The van der Waals surface area contributed by atoms with E-state index in [-0.39, 0.29) is 0 Å². The number of nitrogens with two attached hydrogens (primary N) is 1. The summed E-state index contributed by atoms with van der Waals surface area (Å²) in [5.74, 6) is 5.68. The van der Waals surface area contributed by atoms with Crippen molar-refractivity contribution in [2.45, 2.75) is 6.61 Å². The lowest BCUT2D eigenvalue weighted by Gasteiger charge is -1.91. The number of para-hydroxylation sites is 1. The quantitative estimate of drug-likeness (QED) is 0.823. The standard InChI is InChI=1S/C9H8BrNO2/c10-8-3-1-2-6-4-7(5-12-11)13-9(6)8/h1-4H,5,11H2. The highest BCUT2D eigenvalue weighted by Crippen LogP contribution is 2.26. The van der Waals surface area contributed by atoms with E-state index in [9.17, 15) is 0 Å². The highest BCUT2D eigenvalue weighted by molar-refractivity contribution is 9.10. The third kappa shape index (κ3) is 1.60. The Morgan fingerprint density at radius 2 is 2.31 bits per heavy atom. The van der Waals surface area contributed by atoms with Gasteiger partial charge in [0.2, 0.25) is 0 Å². The molecule has 0 bridgehead atoms. The number of hydrogen-bond donors (Lipinski definition) is 1. The van der Waals surface area contributed by atoms with E-state index >= 15 is 0 Å². The van der Waals surface area contributed by atoms with Crippen LogP contribution in [-0.4, -0.2) is 0 Å². The molecule has 1 aromatic carbocycles. The minimum absolute atomic E-state index is 0.293. The lowest BCUT2D eigenvalue weighted by Crippen LogP contribution is -1.96. The Hall–Kier alpha value is -0.840. The number of benzene rings is 1. The first-order valence-corrected chi connectivity index (χ1v) is 4.59. The summed E-state index contributed by atoms with van der Waals surface area (Å²) in [4.78, 5) is 4.49. The normalized spacial score (nSPS) is 10.9. The van der Waals surface area contributed by atoms with E-state index in [2.05, 4.69) is 20.8 Å². The Kier molecular flexibility index (Phi) is 2.35. The van der Waals surface area contributed by atoms with Crippen LogP contribution in [0, 0.1) is 0 Å². The summed E-state index contributed by atoms with van der Waals surface area (Å²) in [7, 11) is 0. The molecular formula is C9H8BrNO2. The minimum atomic E-state index is 0.293. The predicted octanol–water partition coefficient (Wildman–Crippen LogP) is 2.59. The maximum absolute atomic E-state index is 5.49. The van der Waals surface area contributed by atoms with Crippen molar-refractivity contribution in [2.75, 3.05) is 0 Å². The average molecular weight is 242 g/mol. The van der Waals surface area contributed by atoms with Crippen LogP contribution in [0.4, 0.5) is 0 Å². The maximum Gasteiger partial charge on any atom is 0.148 e. The summed E-state index contributed by atoms with van der Waals surface area (Å²) in [5, 5.41) is 1.04. The number of furan rings is 1. The van der Waals surface area contributed by atoms with Crippen LogP contribution in [0.25, 0.3) is 11.0 Å². The van der Waals surface area contributed by atoms with Gasteiger partial charge in [-0.25, -0.2) is 5.90 Å². The van der Waals surface area contributed by atoms with E-state index in [4.69, 9.17) is 10.3 Å². The molecule has 0 saturated carbocycles. The smallest absolute Gasteiger partial charge is 0.148 e. The Labute approximate surface area is 83.5 Å². The molecule has 0 aliphatic heterocycles. The maximum atomic E-state index is 5.49. The average Bonchev–Trinajstić information content (AvgIpc) is 2.49. The number of rotatable bonds is 2. The van der Waals surface area contributed by atoms with Gasteiger partial charge >= 0.3 is 0 Å². The van der Waals surface area contributed by atoms with Crippen LogP contribution in [0.3, 0.4) is 0 Å². The van der Waals surface area contributed by atoms with Crippen molar-refractivity contribution in [3.63, 3.8) is 0 Å². The highest BCUT2D eigenvalue weighted by Gasteiger charge is 2.05. The molecule has 0 aliphatic carbocycles. The van der Waals surface area contributed by atoms with Crippen molar-refractivity contribution in [2.24, 2.45) is 5.90 Å². The van der Waals surface area contributed by atoms with Crippen LogP contribution in [0.2, 0.25) is 0 Å². The third-order valence-corrected chi connectivity index (χ3v) is 2.40. The first kappa shape index (κ1) is 8.74. The Bertz CT molecular complexity index is 424. The van der Waals surface area contributed by atoms with Crippen molar-refractivity contribution in [1.29, 1.82) is 0 Å². The molecule has 1 aromatic heterocycles. The lowest BCUT2D eigenvalue weighted by molar-refractivity contribution is 0.110. The second kappa shape index (κ2) is 3.49. The van der Waals surface area contributed by atoms with Crippen molar-refractivity contribution in [1.82, 2.24) is 0 Å². The first-order chi connectivity index (χ1) is 6.31. The molecule has 1 heterocycles. The molecular weight excluding hydrogens is 234 g/mol. The molecule has 2 rings (SSSR count). The fourth-order valence-corrected chi connectivity index (χ4v) is 1.70. The van der Waals surface area contributed by atoms with Gasteiger partial charge in [-0.05, 0) is 28.1 Å². The number of hydrogen-bond acceptors (Lipinski definition) is 3. The van der Waals surface area contributed by atoms with Crippen LogP contribution in [0.1, 0.15) is 5.76 Å². The van der Waals surface area contributed by atoms with Gasteiger partial charge in [-0.3, -0.25) is 4.84 Å². The Balaban J connectivity index is 2.55. The molecule has 0 aliphatic rings. The van der Waals surface area contributed by atoms with Crippen molar-refractivity contribution >= 4 is 26.9 Å². The molecule has 4 heteroatoms. The lowest BCUT2D eigenvalue weighted by atomic mass is 10.2. The number of fused-ring (bicyclic) bond motifs is 1. The fraction of sp³-hybridized carbons (Fsp3) is 0.111. The third-order valence-electron chi connectivity index (χ3n) is 1.77. The van der Waals surface area contributed by atoms with Crippen LogP contribution in [-0.2, 0) is 11.4 Å². The second-order valence-corrected chi connectivity index (χ2v) is 3.54. The summed E-state index contributed by atoms with van der Waals surface area (Å²) >= 11 is 3.40. The van der Waals surface area contributed by atoms with Gasteiger partial charge in [-0.1, -0.05) is 12.1 Å². The molecule has 3 nitrogen and oxygen atoms in total. The molecule has 0 spiro atoms. The zero-order valence-electron chi connectivity index (χ0n) is 6.79. The predicted molar refractivity (Wildman–Crippen MR) is 52.9 cm³/mol. The van der Waals surface area contributed by atoms with Crippen molar-refractivity contribution in [3.8, 4) is 0 Å². The summed E-state index contributed by atoms with van der Waals surface area (Å²) in [6.07, 6.45) is 0. The Morgan fingerprint density at radius 1 is 1.46 bits per heavy atom. The summed E-state index contributed by atoms with van der Waals surface area (Å²) in [6, 6.07) is 7.77. The fourth-order valence-electron chi connectivity index (χ4n) is 1.23. The van der Waals surface area contributed by atoms with Gasteiger partial charge < -0.3 is 4.42 Å². The molecule has 68 valence electrons. The van der Waals surface area contributed by atoms with Gasteiger partial charge in [0.25, 0.3) is 0 Å². The van der Waals surface area contributed by atoms with Crippen molar-refractivity contribution < 1.29 is 9.25 Å². The van der Waals surface area contributed by atoms with E-state index in [1.54, 1.807) is 0 Å². The van der Waals surface area contributed by atoms with E-state index in [1.165, 1.54) is 0 Å². The van der Waals surface area contributed by atoms with Crippen LogP contribution < -0.4 is 5.90 Å². The zero-order chi connectivity index (χ0) is 9.26. The molecule has 0 fully saturated rings. The summed E-state index contributed by atoms with van der Waals surface area (Å²) in [5.41, 5.74) is 0.828. The number of halogens is 1. The van der Waals surface area contributed by atoms with E-state index in [0.717, 1.165) is 21.2 Å². The SMILES string of the molecule is NOCc1cc2cccc(Br)c2o1. The molecule has 0 saturated heterocycles. The largest absolute Gasteiger partial charge is 0.457 e. The van der Waals surface area contributed by atoms with Crippen molar-refractivity contribution in [3.05, 3.63) is 34.5 Å². The first-order valence-electron chi connectivity index (χ1n) is 3.80. The minimum Gasteiger partial charge on any atom is -0.457 e. The monoisotopic (exact) mass is 241 g/mol. The summed E-state index contributed by atoms with van der Waals surface area (Å²) < 4.78 is 6.43. The van der Waals surface area contributed by atoms with Crippen LogP contribution >= 0.6 is 15.9 Å². The molecule has 2 N–H and O–H groups in total. The second-order valence-electron chi connectivity index (χ2n) is 2.68. The van der Waals surface area contributed by atoms with E-state index < -0.39 is 0 Å². The molecule has 2 aromatic rings. The van der Waals surface area contributed by atoms with Gasteiger partial charge in [0.15, 0.2) is 0 Å². The van der Waals surface area contributed by atoms with E-state index in [0.29, 0.717) is 6.61 Å². The highest BCUT2D eigenvalue weighted by atomic mass is 79.9. The molecule has 0 radical (unpaired) electrons. The van der Waals surface area contributed by atoms with Gasteiger partial charge in [-0.2, -0.15) is 0 Å². The molecule has 0 atom stereocenters. The molecule has 13 heavy (non-hydrogen) atoms. The zero-order valence-corrected chi connectivity index (χ0v) is 8.37. The van der Waals surface area contributed by atoms with Crippen LogP contribution in [0.15, 0.2) is 33.2 Å². The van der Waals surface area contributed by atoms with E-state index in [1.807, 2.05) is 24.3 Å². The van der Waals surface area contributed by atoms with Gasteiger partial charge in [0.05, 0.1) is 4.47 Å². The summed E-state index contributed by atoms with van der Waals surface area (Å²) in [6.45, 7) is 0.293. The van der Waals surface area contributed by atoms with Gasteiger partial charge in [0.1, 0.15) is 18.0 Å². The van der Waals surface area contributed by atoms with Gasteiger partial charge in [0, 0.05) is 5.39 Å². The molecule has 0 amide bonds. The van der Waals surface area contributed by atoms with Crippen LogP contribution in [0.5, 0.6) is 0 Å². The Morgan fingerprint density at radius 3 is 3.00 bits per heavy atom. The molecule has 0 unspecified atom stereocenters. The topological polar surface area (TPSA) is 48.4 Å².